The number of halogens is 4. The zero-order chi connectivity index (χ0) is 14.8. The third kappa shape index (κ3) is 4.11. The maximum absolute atomic E-state index is 12.4. The molecule has 2 atom stereocenters. The Bertz CT molecular complexity index is 435. The van der Waals surface area contributed by atoms with Crippen molar-refractivity contribution >= 4 is 11.6 Å². The third-order valence-corrected chi connectivity index (χ3v) is 4.01. The molecule has 2 rings (SSSR count). The van der Waals surface area contributed by atoms with E-state index in [0.717, 1.165) is 5.56 Å². The van der Waals surface area contributed by atoms with E-state index >= 15 is 0 Å². The summed E-state index contributed by atoms with van der Waals surface area (Å²) in [6.45, 7) is -0.356. The second kappa shape index (κ2) is 6.33. The van der Waals surface area contributed by atoms with E-state index in [-0.39, 0.29) is 25.0 Å². The molecule has 1 aliphatic rings. The van der Waals surface area contributed by atoms with Gasteiger partial charge in [0.1, 0.15) is 0 Å². The van der Waals surface area contributed by atoms with Gasteiger partial charge in [0.25, 0.3) is 0 Å². The highest BCUT2D eigenvalue weighted by atomic mass is 35.5. The van der Waals surface area contributed by atoms with Gasteiger partial charge in [-0.3, -0.25) is 4.90 Å². The number of likely N-dealkylation sites (tertiary alicyclic amines) is 1. The van der Waals surface area contributed by atoms with Crippen LogP contribution in [0.15, 0.2) is 24.3 Å². The molecule has 0 amide bonds. The minimum atomic E-state index is -4.19. The van der Waals surface area contributed by atoms with Crippen molar-refractivity contribution in [2.24, 2.45) is 5.92 Å². The fourth-order valence-electron chi connectivity index (χ4n) is 2.84. The molecule has 1 aromatic rings. The number of hydrogen-bond donors (Lipinski definition) is 1. The van der Waals surface area contributed by atoms with Crippen LogP contribution in [0.5, 0.6) is 0 Å². The lowest BCUT2D eigenvalue weighted by Crippen LogP contribution is -2.45. The van der Waals surface area contributed by atoms with Gasteiger partial charge in [0.2, 0.25) is 0 Å². The number of piperidine rings is 1. The molecule has 1 heterocycles. The van der Waals surface area contributed by atoms with Gasteiger partial charge in [0.15, 0.2) is 0 Å². The molecular weight excluding hydrogens is 291 g/mol. The Hall–Kier alpha value is -0.780. The molecular formula is C14H17ClF3NO. The molecule has 0 spiro atoms. The van der Waals surface area contributed by atoms with Crippen molar-refractivity contribution in [2.45, 2.75) is 18.5 Å². The molecule has 0 aliphatic carbocycles. The van der Waals surface area contributed by atoms with Crippen molar-refractivity contribution in [3.8, 4) is 0 Å². The van der Waals surface area contributed by atoms with E-state index in [4.69, 9.17) is 11.6 Å². The zero-order valence-corrected chi connectivity index (χ0v) is 11.7. The molecule has 1 saturated heterocycles. The van der Waals surface area contributed by atoms with Gasteiger partial charge in [-0.15, -0.1) is 0 Å². The van der Waals surface area contributed by atoms with Crippen LogP contribution in [0.25, 0.3) is 0 Å². The van der Waals surface area contributed by atoms with E-state index in [1.165, 1.54) is 4.90 Å². The van der Waals surface area contributed by atoms with Gasteiger partial charge in [-0.2, -0.15) is 13.2 Å². The summed E-state index contributed by atoms with van der Waals surface area (Å²) >= 11 is 5.83. The monoisotopic (exact) mass is 307 g/mol. The Morgan fingerprint density at radius 3 is 2.45 bits per heavy atom. The van der Waals surface area contributed by atoms with E-state index < -0.39 is 12.7 Å². The molecule has 0 bridgehead atoms. The number of rotatable bonds is 3. The van der Waals surface area contributed by atoms with Gasteiger partial charge < -0.3 is 5.11 Å². The molecule has 2 nitrogen and oxygen atoms in total. The number of hydrogen-bond acceptors (Lipinski definition) is 2. The first-order chi connectivity index (χ1) is 9.39. The van der Waals surface area contributed by atoms with Crippen LogP contribution < -0.4 is 0 Å². The summed E-state index contributed by atoms with van der Waals surface area (Å²) in [5.41, 5.74) is 1.03. The smallest absolute Gasteiger partial charge is 0.396 e. The van der Waals surface area contributed by atoms with Crippen LogP contribution in [-0.4, -0.2) is 42.4 Å². The predicted octanol–water partition coefficient (Wildman–Crippen LogP) is 3.30. The topological polar surface area (TPSA) is 23.5 Å². The van der Waals surface area contributed by atoms with Crippen LogP contribution in [0, 0.1) is 5.92 Å². The molecule has 0 unspecified atom stereocenters. The number of aliphatic hydroxyl groups excluding tert-OH is 1. The minimum Gasteiger partial charge on any atom is -0.396 e. The summed E-state index contributed by atoms with van der Waals surface area (Å²) in [4.78, 5) is 1.37. The van der Waals surface area contributed by atoms with Crippen molar-refractivity contribution in [3.63, 3.8) is 0 Å². The van der Waals surface area contributed by atoms with E-state index in [9.17, 15) is 18.3 Å². The van der Waals surface area contributed by atoms with Gasteiger partial charge in [0.05, 0.1) is 6.54 Å². The molecule has 1 aromatic carbocycles. The second-order valence-corrected chi connectivity index (χ2v) is 5.68. The minimum absolute atomic E-state index is 0.0850. The van der Waals surface area contributed by atoms with Crippen molar-refractivity contribution in [3.05, 3.63) is 34.9 Å². The molecule has 6 heteroatoms. The molecule has 0 aromatic heterocycles. The third-order valence-electron chi connectivity index (χ3n) is 3.75. The summed E-state index contributed by atoms with van der Waals surface area (Å²) in [6, 6.07) is 7.31. The van der Waals surface area contributed by atoms with Crippen LogP contribution in [0.3, 0.4) is 0 Å². The van der Waals surface area contributed by atoms with Crippen molar-refractivity contribution < 1.29 is 18.3 Å². The van der Waals surface area contributed by atoms with E-state index in [2.05, 4.69) is 0 Å². The van der Waals surface area contributed by atoms with Gasteiger partial charge >= 0.3 is 6.18 Å². The number of aliphatic hydroxyl groups is 1. The van der Waals surface area contributed by atoms with Crippen LogP contribution in [0.1, 0.15) is 17.9 Å². The average Bonchev–Trinajstić information content (AvgIpc) is 2.38. The highest BCUT2D eigenvalue weighted by Crippen LogP contribution is 2.34. The number of alkyl halides is 3. The van der Waals surface area contributed by atoms with Crippen LogP contribution in [0.2, 0.25) is 5.02 Å². The van der Waals surface area contributed by atoms with E-state index in [1.807, 2.05) is 12.1 Å². The Labute approximate surface area is 121 Å². The normalized spacial score (nSPS) is 24.9. The molecule has 1 fully saturated rings. The molecule has 0 radical (unpaired) electrons. The average molecular weight is 308 g/mol. The first-order valence-electron chi connectivity index (χ1n) is 6.54. The van der Waals surface area contributed by atoms with Crippen molar-refractivity contribution in [1.29, 1.82) is 0 Å². The Morgan fingerprint density at radius 1 is 1.25 bits per heavy atom. The lowest BCUT2D eigenvalue weighted by molar-refractivity contribution is -0.150. The van der Waals surface area contributed by atoms with Crippen LogP contribution >= 0.6 is 11.6 Å². The maximum atomic E-state index is 12.4. The molecule has 112 valence electrons. The lowest BCUT2D eigenvalue weighted by atomic mass is 9.81. The molecule has 1 N–H and O–H groups in total. The Morgan fingerprint density at radius 2 is 1.90 bits per heavy atom. The SMILES string of the molecule is OC[C@H]1CN(CC(F)(F)F)CC[C@@H]1c1ccc(Cl)cc1. The van der Waals surface area contributed by atoms with E-state index in [1.54, 1.807) is 12.1 Å². The van der Waals surface area contributed by atoms with Crippen LogP contribution in [0.4, 0.5) is 13.2 Å². The summed E-state index contributed by atoms with van der Waals surface area (Å²) in [7, 11) is 0. The zero-order valence-electron chi connectivity index (χ0n) is 10.9. The van der Waals surface area contributed by atoms with Gasteiger partial charge in [-0.05, 0) is 36.6 Å². The first kappa shape index (κ1) is 15.6. The van der Waals surface area contributed by atoms with Gasteiger partial charge in [0, 0.05) is 24.1 Å². The fourth-order valence-corrected chi connectivity index (χ4v) is 2.96. The van der Waals surface area contributed by atoms with Crippen molar-refractivity contribution in [2.75, 3.05) is 26.2 Å². The largest absolute Gasteiger partial charge is 0.401 e. The molecule has 0 saturated carbocycles. The Kier molecular flexibility index (Phi) is 4.94. The van der Waals surface area contributed by atoms with E-state index in [0.29, 0.717) is 18.0 Å². The van der Waals surface area contributed by atoms with Gasteiger partial charge in [-0.25, -0.2) is 0 Å². The fraction of sp³-hybridized carbons (Fsp3) is 0.571. The highest BCUT2D eigenvalue weighted by molar-refractivity contribution is 6.30. The summed E-state index contributed by atoms with van der Waals surface area (Å²) in [5.74, 6) is -0.0889. The standard InChI is InChI=1S/C14H17ClF3NO/c15-12-3-1-10(2-4-12)13-5-6-19(7-11(13)8-20)9-14(16,17)18/h1-4,11,13,20H,5-9H2/t11-,13-/m1/s1. The molecule has 20 heavy (non-hydrogen) atoms. The van der Waals surface area contributed by atoms with Crippen LogP contribution in [-0.2, 0) is 0 Å². The summed E-state index contributed by atoms with van der Waals surface area (Å²) < 4.78 is 37.3. The quantitative estimate of drug-likeness (QED) is 0.926. The maximum Gasteiger partial charge on any atom is 0.401 e. The number of benzene rings is 1. The highest BCUT2D eigenvalue weighted by Gasteiger charge is 2.36. The molecule has 1 aliphatic heterocycles. The summed E-state index contributed by atoms with van der Waals surface area (Å²) in [5, 5.41) is 10.1. The second-order valence-electron chi connectivity index (χ2n) is 5.24. The number of nitrogens with zero attached hydrogens (tertiary/aromatic N) is 1. The van der Waals surface area contributed by atoms with Gasteiger partial charge in [-0.1, -0.05) is 23.7 Å². The first-order valence-corrected chi connectivity index (χ1v) is 6.92. The van der Waals surface area contributed by atoms with Crippen molar-refractivity contribution in [1.82, 2.24) is 4.90 Å². The summed E-state index contributed by atoms with van der Waals surface area (Å²) in [6.07, 6.45) is -3.57. The lowest BCUT2D eigenvalue weighted by Gasteiger charge is -2.38. The Balaban J connectivity index is 2.05. The predicted molar refractivity (Wildman–Crippen MR) is 71.9 cm³/mol.